The Morgan fingerprint density at radius 2 is 2.00 bits per heavy atom. The Morgan fingerprint density at radius 3 is 2.63 bits per heavy atom. The number of rotatable bonds is 11. The van der Waals surface area contributed by atoms with Crippen LogP contribution in [0.25, 0.3) is 0 Å². The summed E-state index contributed by atoms with van der Waals surface area (Å²) in [6.07, 6.45) is 6.28. The Bertz CT molecular complexity index is 397. The largest absolute Gasteiger partial charge is 0.379 e. The fourth-order valence-electron chi connectivity index (χ4n) is 3.72. The van der Waals surface area contributed by atoms with E-state index < -0.39 is 0 Å². The maximum absolute atomic E-state index is 5.72. The summed E-state index contributed by atoms with van der Waals surface area (Å²) in [5, 5.41) is 6.81. The van der Waals surface area contributed by atoms with Crippen LogP contribution in [0.1, 0.15) is 52.9 Å². The van der Waals surface area contributed by atoms with Gasteiger partial charge < -0.3 is 20.1 Å². The van der Waals surface area contributed by atoms with Crippen LogP contribution < -0.4 is 10.6 Å². The lowest BCUT2D eigenvalue weighted by molar-refractivity contribution is 0.0168. The number of nitrogens with one attached hydrogen (secondary N) is 2. The molecule has 2 heterocycles. The van der Waals surface area contributed by atoms with E-state index in [9.17, 15) is 0 Å². The third-order valence-corrected chi connectivity index (χ3v) is 5.25. The third-order valence-electron chi connectivity index (χ3n) is 5.25. The first-order valence-electron chi connectivity index (χ1n) is 10.7. The molecule has 6 nitrogen and oxygen atoms in total. The highest BCUT2D eigenvalue weighted by Gasteiger charge is 2.24. The van der Waals surface area contributed by atoms with Crippen LogP contribution in [0.3, 0.4) is 0 Å². The minimum Gasteiger partial charge on any atom is -0.379 e. The Morgan fingerprint density at radius 1 is 1.22 bits per heavy atom. The quantitative estimate of drug-likeness (QED) is 0.200. The number of ether oxygens (including phenoxy) is 2. The second kappa shape index (κ2) is 14.8. The molecule has 2 saturated heterocycles. The summed E-state index contributed by atoms with van der Waals surface area (Å²) in [6, 6.07) is 0.544. The molecule has 2 N–H and O–H groups in total. The van der Waals surface area contributed by atoms with Crippen LogP contribution in [0.5, 0.6) is 0 Å². The summed E-state index contributed by atoms with van der Waals surface area (Å²) in [6.45, 7) is 14.2. The molecular formula is C20H41IN4O2. The van der Waals surface area contributed by atoms with Crippen LogP contribution in [-0.2, 0) is 9.47 Å². The molecule has 2 rings (SSSR count). The van der Waals surface area contributed by atoms with Crippen molar-refractivity contribution in [1.29, 1.82) is 0 Å². The normalized spacial score (nSPS) is 22.1. The van der Waals surface area contributed by atoms with Crippen LogP contribution in [0.2, 0.25) is 0 Å². The summed E-state index contributed by atoms with van der Waals surface area (Å²) >= 11 is 0. The van der Waals surface area contributed by atoms with Crippen molar-refractivity contribution in [3.63, 3.8) is 0 Å². The van der Waals surface area contributed by atoms with Crippen molar-refractivity contribution in [3.05, 3.63) is 0 Å². The number of hydrogen-bond acceptors (Lipinski definition) is 4. The smallest absolute Gasteiger partial charge is 0.191 e. The van der Waals surface area contributed by atoms with Crippen molar-refractivity contribution in [2.24, 2.45) is 10.9 Å². The summed E-state index contributed by atoms with van der Waals surface area (Å²) in [7, 11) is 0. The van der Waals surface area contributed by atoms with Crippen LogP contribution >= 0.6 is 24.0 Å². The van der Waals surface area contributed by atoms with E-state index in [-0.39, 0.29) is 24.0 Å². The molecule has 0 aromatic heterocycles. The summed E-state index contributed by atoms with van der Waals surface area (Å²) in [5.41, 5.74) is 0. The van der Waals surface area contributed by atoms with Crippen molar-refractivity contribution in [2.45, 2.75) is 65.0 Å². The number of halogens is 1. The van der Waals surface area contributed by atoms with Crippen molar-refractivity contribution in [3.8, 4) is 0 Å². The monoisotopic (exact) mass is 496 g/mol. The summed E-state index contributed by atoms with van der Waals surface area (Å²) < 4.78 is 11.3. The van der Waals surface area contributed by atoms with Crippen molar-refractivity contribution < 1.29 is 9.47 Å². The van der Waals surface area contributed by atoms with Crippen LogP contribution in [0, 0.1) is 5.92 Å². The van der Waals surface area contributed by atoms with Gasteiger partial charge in [0.1, 0.15) is 0 Å². The molecule has 2 atom stereocenters. The zero-order valence-electron chi connectivity index (χ0n) is 17.5. The van der Waals surface area contributed by atoms with Crippen LogP contribution in [0.15, 0.2) is 4.99 Å². The third kappa shape index (κ3) is 9.76. The highest BCUT2D eigenvalue weighted by Crippen LogP contribution is 2.18. The molecule has 27 heavy (non-hydrogen) atoms. The first-order valence-corrected chi connectivity index (χ1v) is 10.7. The highest BCUT2D eigenvalue weighted by molar-refractivity contribution is 14.0. The highest BCUT2D eigenvalue weighted by atomic mass is 127. The molecule has 2 unspecified atom stereocenters. The number of aliphatic imine (C=N–C) groups is 1. The lowest BCUT2D eigenvalue weighted by Gasteiger charge is -2.29. The van der Waals surface area contributed by atoms with Gasteiger partial charge in [-0.05, 0) is 58.0 Å². The number of hydrogen-bond donors (Lipinski definition) is 2. The second-order valence-corrected chi connectivity index (χ2v) is 7.76. The molecule has 7 heteroatoms. The zero-order valence-corrected chi connectivity index (χ0v) is 19.9. The fraction of sp³-hybridized carbons (Fsp3) is 0.950. The molecule has 0 amide bonds. The standard InChI is InChI=1S/C20H40N4O2.HI/c1-4-21-20(22-10-8-13-25-16-18-9-7-14-26-18)23-15-19(17(2)3)24-11-5-6-12-24;/h17-19H,4-16H2,1-3H3,(H2,21,22,23);1H. The molecule has 160 valence electrons. The van der Waals surface area contributed by atoms with E-state index in [0.717, 1.165) is 58.3 Å². The van der Waals surface area contributed by atoms with Gasteiger partial charge in [0.05, 0.1) is 19.3 Å². The first-order chi connectivity index (χ1) is 12.7. The molecule has 0 aromatic carbocycles. The van der Waals surface area contributed by atoms with Gasteiger partial charge in [-0.15, -0.1) is 24.0 Å². The van der Waals surface area contributed by atoms with Crippen molar-refractivity contribution in [1.82, 2.24) is 15.5 Å². The molecule has 0 aliphatic carbocycles. The van der Waals surface area contributed by atoms with Gasteiger partial charge in [0.2, 0.25) is 0 Å². The van der Waals surface area contributed by atoms with Gasteiger partial charge >= 0.3 is 0 Å². The number of likely N-dealkylation sites (tertiary alicyclic amines) is 1. The lowest BCUT2D eigenvalue weighted by Crippen LogP contribution is -2.42. The fourth-order valence-corrected chi connectivity index (χ4v) is 3.72. The summed E-state index contributed by atoms with van der Waals surface area (Å²) in [5.74, 6) is 1.56. The van der Waals surface area contributed by atoms with E-state index in [1.54, 1.807) is 0 Å². The maximum atomic E-state index is 5.72. The molecule has 0 radical (unpaired) electrons. The SMILES string of the molecule is CCNC(=NCC(C(C)C)N1CCCC1)NCCCOCC1CCCO1.I. The topological polar surface area (TPSA) is 58.1 Å². The van der Waals surface area contributed by atoms with Gasteiger partial charge in [0.15, 0.2) is 5.96 Å². The first kappa shape index (κ1) is 24.9. The van der Waals surface area contributed by atoms with Crippen molar-refractivity contribution in [2.75, 3.05) is 52.5 Å². The predicted octanol–water partition coefficient (Wildman–Crippen LogP) is 2.87. The molecule has 0 saturated carbocycles. The van der Waals surface area contributed by atoms with E-state index in [1.165, 1.54) is 32.4 Å². The molecule has 2 aliphatic heterocycles. The average Bonchev–Trinajstić information content (AvgIpc) is 3.31. The van der Waals surface area contributed by atoms with Crippen LogP contribution in [-0.4, -0.2) is 75.5 Å². The molecule has 0 bridgehead atoms. The Hall–Kier alpha value is -0.120. The number of guanidine groups is 1. The maximum Gasteiger partial charge on any atom is 0.191 e. The second-order valence-electron chi connectivity index (χ2n) is 7.76. The average molecular weight is 496 g/mol. The molecule has 2 fully saturated rings. The molecular weight excluding hydrogens is 455 g/mol. The van der Waals surface area contributed by atoms with Gasteiger partial charge in [-0.3, -0.25) is 9.89 Å². The van der Waals surface area contributed by atoms with Gasteiger partial charge in [-0.25, -0.2) is 0 Å². The van der Waals surface area contributed by atoms with Gasteiger partial charge in [0, 0.05) is 32.3 Å². The Balaban J connectivity index is 0.00000364. The number of nitrogens with zero attached hydrogens (tertiary/aromatic N) is 2. The van der Waals surface area contributed by atoms with Crippen LogP contribution in [0.4, 0.5) is 0 Å². The van der Waals surface area contributed by atoms with Crippen molar-refractivity contribution >= 4 is 29.9 Å². The lowest BCUT2D eigenvalue weighted by atomic mass is 10.0. The Kier molecular flexibility index (Phi) is 13.7. The summed E-state index contributed by atoms with van der Waals surface area (Å²) in [4.78, 5) is 7.46. The molecule has 0 spiro atoms. The van der Waals surface area contributed by atoms with E-state index in [1.807, 2.05) is 0 Å². The predicted molar refractivity (Wildman–Crippen MR) is 123 cm³/mol. The zero-order chi connectivity index (χ0) is 18.6. The minimum atomic E-state index is 0. The Labute approximate surface area is 183 Å². The van der Waals surface area contributed by atoms with E-state index in [4.69, 9.17) is 14.5 Å². The van der Waals surface area contributed by atoms with Gasteiger partial charge in [0.25, 0.3) is 0 Å². The molecule has 2 aliphatic rings. The minimum absolute atomic E-state index is 0. The van der Waals surface area contributed by atoms with Gasteiger partial charge in [-0.2, -0.15) is 0 Å². The van der Waals surface area contributed by atoms with Gasteiger partial charge in [-0.1, -0.05) is 13.8 Å². The molecule has 0 aromatic rings. The van der Waals surface area contributed by atoms with E-state index in [2.05, 4.69) is 36.3 Å². The van der Waals surface area contributed by atoms with E-state index in [0.29, 0.717) is 18.1 Å². The van der Waals surface area contributed by atoms with E-state index >= 15 is 0 Å².